The van der Waals surface area contributed by atoms with Crippen molar-refractivity contribution in [2.24, 2.45) is 11.8 Å². The van der Waals surface area contributed by atoms with Crippen molar-refractivity contribution in [1.29, 1.82) is 0 Å². The Morgan fingerprint density at radius 2 is 1.85 bits per heavy atom. The third kappa shape index (κ3) is 3.87. The van der Waals surface area contributed by atoms with E-state index in [1.54, 1.807) is 6.20 Å². The summed E-state index contributed by atoms with van der Waals surface area (Å²) >= 11 is 0. The predicted octanol–water partition coefficient (Wildman–Crippen LogP) is 3.85. The van der Waals surface area contributed by atoms with Gasteiger partial charge < -0.3 is 10.2 Å². The number of para-hydroxylation sites is 1. The molecule has 1 aromatic heterocycles. The van der Waals surface area contributed by atoms with E-state index >= 15 is 0 Å². The van der Waals surface area contributed by atoms with Crippen LogP contribution in [0.3, 0.4) is 0 Å². The standard InChI is InChI=1S/C21H27N3O2/c1-3-15(4-2)21(26)24-13-10-17(11-14-24)20(25)23-18-9-5-7-16-8-6-12-22-19(16)18/h5-9,12,15,17H,3-4,10-11,13-14H2,1-2H3,(H,23,25). The van der Waals surface area contributed by atoms with Gasteiger partial charge in [-0.1, -0.05) is 32.0 Å². The van der Waals surface area contributed by atoms with E-state index in [1.165, 1.54) is 0 Å². The van der Waals surface area contributed by atoms with Gasteiger partial charge in [0.1, 0.15) is 0 Å². The summed E-state index contributed by atoms with van der Waals surface area (Å²) in [6.07, 6.45) is 4.93. The van der Waals surface area contributed by atoms with Gasteiger partial charge in [-0.25, -0.2) is 0 Å². The zero-order valence-electron chi connectivity index (χ0n) is 15.6. The molecule has 5 heteroatoms. The van der Waals surface area contributed by atoms with Gasteiger partial charge in [0.15, 0.2) is 0 Å². The molecule has 1 aromatic carbocycles. The fourth-order valence-corrected chi connectivity index (χ4v) is 3.70. The van der Waals surface area contributed by atoms with Crippen LogP contribution in [0, 0.1) is 11.8 Å². The second-order valence-electron chi connectivity index (χ2n) is 6.98. The third-order valence-corrected chi connectivity index (χ3v) is 5.40. The van der Waals surface area contributed by atoms with Gasteiger partial charge in [0, 0.05) is 36.5 Å². The largest absolute Gasteiger partial charge is 0.342 e. The summed E-state index contributed by atoms with van der Waals surface area (Å²) in [5, 5.41) is 4.05. The average Bonchev–Trinajstić information content (AvgIpc) is 2.69. The number of carbonyl (C=O) groups excluding carboxylic acids is 2. The summed E-state index contributed by atoms with van der Waals surface area (Å²) in [4.78, 5) is 31.5. The van der Waals surface area contributed by atoms with Crippen LogP contribution in [0.2, 0.25) is 0 Å². The molecule has 5 nitrogen and oxygen atoms in total. The maximum Gasteiger partial charge on any atom is 0.227 e. The number of piperidine rings is 1. The number of pyridine rings is 1. The fourth-order valence-electron chi connectivity index (χ4n) is 3.70. The summed E-state index contributed by atoms with van der Waals surface area (Å²) in [5.74, 6) is 0.326. The molecule has 0 unspecified atom stereocenters. The van der Waals surface area contributed by atoms with Gasteiger partial charge in [0.05, 0.1) is 11.2 Å². The molecule has 1 saturated heterocycles. The lowest BCUT2D eigenvalue weighted by molar-refractivity contribution is -0.138. The molecule has 1 N–H and O–H groups in total. The average molecular weight is 353 g/mol. The van der Waals surface area contributed by atoms with Crippen molar-refractivity contribution in [3.05, 3.63) is 36.5 Å². The van der Waals surface area contributed by atoms with Crippen LogP contribution in [-0.4, -0.2) is 34.8 Å². The lowest BCUT2D eigenvalue weighted by Crippen LogP contribution is -2.43. The second-order valence-corrected chi connectivity index (χ2v) is 6.98. The van der Waals surface area contributed by atoms with Crippen LogP contribution < -0.4 is 5.32 Å². The number of rotatable bonds is 5. The highest BCUT2D eigenvalue weighted by Gasteiger charge is 2.29. The number of likely N-dealkylation sites (tertiary alicyclic amines) is 1. The van der Waals surface area contributed by atoms with E-state index in [0.717, 1.165) is 42.3 Å². The fraction of sp³-hybridized carbons (Fsp3) is 0.476. The molecule has 2 aromatic rings. The molecule has 26 heavy (non-hydrogen) atoms. The Labute approximate surface area is 154 Å². The molecular weight excluding hydrogens is 326 g/mol. The van der Waals surface area contributed by atoms with Crippen LogP contribution in [0.1, 0.15) is 39.5 Å². The lowest BCUT2D eigenvalue weighted by atomic mass is 9.93. The normalized spacial score (nSPS) is 15.4. The Morgan fingerprint density at radius 3 is 2.54 bits per heavy atom. The lowest BCUT2D eigenvalue weighted by Gasteiger charge is -2.33. The first-order valence-electron chi connectivity index (χ1n) is 9.57. The van der Waals surface area contributed by atoms with E-state index in [0.29, 0.717) is 13.1 Å². The van der Waals surface area contributed by atoms with Crippen LogP contribution in [0.5, 0.6) is 0 Å². The number of aromatic nitrogens is 1. The molecule has 1 aliphatic rings. The van der Waals surface area contributed by atoms with Crippen LogP contribution in [-0.2, 0) is 9.59 Å². The summed E-state index contributed by atoms with van der Waals surface area (Å²) in [6, 6.07) is 9.68. The van der Waals surface area contributed by atoms with Crippen LogP contribution in [0.25, 0.3) is 10.9 Å². The molecule has 0 atom stereocenters. The molecule has 0 bridgehead atoms. The van der Waals surface area contributed by atoms with E-state index in [4.69, 9.17) is 0 Å². The van der Waals surface area contributed by atoms with Crippen molar-refractivity contribution >= 4 is 28.4 Å². The van der Waals surface area contributed by atoms with Crippen molar-refractivity contribution in [3.63, 3.8) is 0 Å². The number of nitrogens with zero attached hydrogens (tertiary/aromatic N) is 2. The van der Waals surface area contributed by atoms with Crippen molar-refractivity contribution < 1.29 is 9.59 Å². The zero-order chi connectivity index (χ0) is 18.5. The Morgan fingerprint density at radius 1 is 1.15 bits per heavy atom. The highest BCUT2D eigenvalue weighted by molar-refractivity contribution is 6.01. The van der Waals surface area contributed by atoms with E-state index in [9.17, 15) is 9.59 Å². The molecular formula is C21H27N3O2. The molecule has 0 radical (unpaired) electrons. The summed E-state index contributed by atoms with van der Waals surface area (Å²) in [7, 11) is 0. The van der Waals surface area contributed by atoms with Gasteiger partial charge in [-0.15, -0.1) is 0 Å². The highest BCUT2D eigenvalue weighted by atomic mass is 16.2. The molecule has 0 saturated carbocycles. The zero-order valence-corrected chi connectivity index (χ0v) is 15.6. The number of amides is 2. The van der Waals surface area contributed by atoms with Gasteiger partial charge in [-0.2, -0.15) is 0 Å². The van der Waals surface area contributed by atoms with Crippen molar-refractivity contribution in [3.8, 4) is 0 Å². The number of nitrogens with one attached hydrogen (secondary N) is 1. The maximum absolute atomic E-state index is 12.7. The molecule has 0 spiro atoms. The van der Waals surface area contributed by atoms with Crippen LogP contribution >= 0.6 is 0 Å². The molecule has 2 amide bonds. The van der Waals surface area contributed by atoms with Crippen LogP contribution in [0.4, 0.5) is 5.69 Å². The Hall–Kier alpha value is -2.43. The molecule has 1 aliphatic heterocycles. The number of benzene rings is 1. The summed E-state index contributed by atoms with van der Waals surface area (Å²) in [6.45, 7) is 5.46. The molecule has 1 fully saturated rings. The molecule has 138 valence electrons. The van der Waals surface area contributed by atoms with Crippen molar-refractivity contribution in [2.75, 3.05) is 18.4 Å². The van der Waals surface area contributed by atoms with Gasteiger partial charge in [0.2, 0.25) is 11.8 Å². The molecule has 2 heterocycles. The molecule has 3 rings (SSSR count). The first-order valence-corrected chi connectivity index (χ1v) is 9.57. The first-order chi connectivity index (χ1) is 12.6. The minimum Gasteiger partial charge on any atom is -0.342 e. The Bertz CT molecular complexity index is 772. The number of fused-ring (bicyclic) bond motifs is 1. The van der Waals surface area contributed by atoms with Gasteiger partial charge in [-0.3, -0.25) is 14.6 Å². The van der Waals surface area contributed by atoms with E-state index in [-0.39, 0.29) is 23.7 Å². The monoisotopic (exact) mass is 353 g/mol. The highest BCUT2D eigenvalue weighted by Crippen LogP contribution is 2.25. The summed E-state index contributed by atoms with van der Waals surface area (Å²) in [5.41, 5.74) is 1.56. The van der Waals surface area contributed by atoms with E-state index in [1.807, 2.05) is 35.2 Å². The van der Waals surface area contributed by atoms with Gasteiger partial charge in [-0.05, 0) is 37.8 Å². The minimum absolute atomic E-state index is 0.0257. The molecule has 0 aliphatic carbocycles. The smallest absolute Gasteiger partial charge is 0.227 e. The second kappa shape index (κ2) is 8.30. The van der Waals surface area contributed by atoms with Gasteiger partial charge in [0.25, 0.3) is 0 Å². The summed E-state index contributed by atoms with van der Waals surface area (Å²) < 4.78 is 0. The van der Waals surface area contributed by atoms with E-state index in [2.05, 4.69) is 24.1 Å². The third-order valence-electron chi connectivity index (χ3n) is 5.40. The number of hydrogen-bond acceptors (Lipinski definition) is 3. The minimum atomic E-state index is -0.0558. The van der Waals surface area contributed by atoms with E-state index < -0.39 is 0 Å². The van der Waals surface area contributed by atoms with Crippen molar-refractivity contribution in [1.82, 2.24) is 9.88 Å². The van der Waals surface area contributed by atoms with Crippen molar-refractivity contribution in [2.45, 2.75) is 39.5 Å². The maximum atomic E-state index is 12.7. The number of anilines is 1. The Balaban J connectivity index is 1.61. The number of hydrogen-bond donors (Lipinski definition) is 1. The van der Waals surface area contributed by atoms with Gasteiger partial charge >= 0.3 is 0 Å². The first kappa shape index (κ1) is 18.4. The SMILES string of the molecule is CCC(CC)C(=O)N1CCC(C(=O)Nc2cccc3cccnc23)CC1. The van der Waals surface area contributed by atoms with Crippen LogP contribution in [0.15, 0.2) is 36.5 Å². The Kier molecular flexibility index (Phi) is 5.86. The number of carbonyl (C=O) groups is 2. The quantitative estimate of drug-likeness (QED) is 0.888. The predicted molar refractivity (Wildman–Crippen MR) is 104 cm³/mol. The topological polar surface area (TPSA) is 62.3 Å².